The van der Waals surface area contributed by atoms with Crippen LogP contribution in [-0.4, -0.2) is 103 Å². The van der Waals surface area contributed by atoms with Crippen LogP contribution in [0.2, 0.25) is 0 Å². The van der Waals surface area contributed by atoms with Crippen molar-refractivity contribution >= 4 is 46.2 Å². The molecular formula is C32H43ClN6O8. The topological polar surface area (TPSA) is 161 Å². The van der Waals surface area contributed by atoms with Crippen molar-refractivity contribution in [2.75, 3.05) is 61.5 Å². The third-order valence-electron chi connectivity index (χ3n) is 8.24. The van der Waals surface area contributed by atoms with Crippen LogP contribution in [0.25, 0.3) is 0 Å². The second-order valence-electron chi connectivity index (χ2n) is 12.2. The molecule has 6 rings (SSSR count). The van der Waals surface area contributed by atoms with E-state index in [0.717, 1.165) is 48.7 Å². The highest BCUT2D eigenvalue weighted by Crippen LogP contribution is 2.32. The second-order valence-corrected chi connectivity index (χ2v) is 12.5. The number of nitrogens with one attached hydrogen (secondary N) is 1. The van der Waals surface area contributed by atoms with Crippen molar-refractivity contribution in [1.29, 1.82) is 0 Å². The van der Waals surface area contributed by atoms with Gasteiger partial charge in [-0.2, -0.15) is 0 Å². The van der Waals surface area contributed by atoms with Gasteiger partial charge in [0.2, 0.25) is 11.8 Å². The number of hydrogen-bond acceptors (Lipinski definition) is 10. The van der Waals surface area contributed by atoms with Crippen LogP contribution >= 0.6 is 11.6 Å². The number of non-ortho nitro benzene ring substituents is 2. The van der Waals surface area contributed by atoms with Crippen LogP contribution in [0, 0.1) is 20.2 Å². The molecule has 2 fully saturated rings. The minimum absolute atomic E-state index is 0.0407. The largest absolute Gasteiger partial charge is 0.373 e. The zero-order valence-electron chi connectivity index (χ0n) is 27.2. The van der Waals surface area contributed by atoms with Crippen molar-refractivity contribution in [2.45, 2.75) is 65.0 Å². The summed E-state index contributed by atoms with van der Waals surface area (Å²) in [5.74, 6) is -0.204. The molecule has 15 heteroatoms. The number of nitro groups is 2. The maximum atomic E-state index is 12.6. The summed E-state index contributed by atoms with van der Waals surface area (Å²) in [6.07, 6.45) is 2.36. The number of fused-ring (bicyclic) bond motifs is 2. The zero-order valence-corrected chi connectivity index (χ0v) is 28.0. The number of benzene rings is 2. The van der Waals surface area contributed by atoms with Gasteiger partial charge in [0.25, 0.3) is 11.4 Å². The number of carbonyl (C=O) groups is 2. The van der Waals surface area contributed by atoms with Gasteiger partial charge in [-0.1, -0.05) is 0 Å². The van der Waals surface area contributed by atoms with Crippen molar-refractivity contribution in [1.82, 2.24) is 10.2 Å². The van der Waals surface area contributed by atoms with Crippen LogP contribution in [0.4, 0.5) is 22.7 Å². The molecule has 4 atom stereocenters. The molecule has 2 amide bonds. The highest BCUT2D eigenvalue weighted by atomic mass is 35.5. The SMILES string of the molecule is CC1CN(CC(=O)N2CCc3cc([N+](=O)[O-])ccc32)CC(C)O1.CC1CNCC(C)O1.O=C(CCl)N1CCc2cc([N+](=O)[O-])ccc21. The molecule has 4 aliphatic rings. The van der Waals surface area contributed by atoms with E-state index in [2.05, 4.69) is 24.1 Å². The molecular weight excluding hydrogens is 632 g/mol. The van der Waals surface area contributed by atoms with E-state index in [1.165, 1.54) is 18.2 Å². The van der Waals surface area contributed by atoms with Crippen LogP contribution in [0.3, 0.4) is 0 Å². The predicted molar refractivity (Wildman–Crippen MR) is 178 cm³/mol. The van der Waals surface area contributed by atoms with E-state index >= 15 is 0 Å². The summed E-state index contributed by atoms with van der Waals surface area (Å²) in [6, 6.07) is 9.23. The Bertz CT molecular complexity index is 1440. The Hall–Kier alpha value is -3.69. The number of halogens is 1. The van der Waals surface area contributed by atoms with E-state index in [1.54, 1.807) is 28.0 Å². The first-order chi connectivity index (χ1) is 22.4. The smallest absolute Gasteiger partial charge is 0.269 e. The molecule has 2 aromatic rings. The van der Waals surface area contributed by atoms with Crippen LogP contribution in [0.1, 0.15) is 38.8 Å². The van der Waals surface area contributed by atoms with Gasteiger partial charge in [-0.05, 0) is 63.8 Å². The van der Waals surface area contributed by atoms with E-state index in [0.29, 0.717) is 44.7 Å². The average Bonchev–Trinajstić information content (AvgIpc) is 3.64. The Morgan fingerprint density at radius 2 is 1.23 bits per heavy atom. The molecule has 2 aromatic carbocycles. The quantitative estimate of drug-likeness (QED) is 0.281. The fourth-order valence-electron chi connectivity index (χ4n) is 6.27. The minimum atomic E-state index is -0.438. The Morgan fingerprint density at radius 3 is 1.64 bits per heavy atom. The molecule has 256 valence electrons. The number of nitro benzene ring substituents is 2. The minimum Gasteiger partial charge on any atom is -0.373 e. The molecule has 4 heterocycles. The molecule has 0 aromatic heterocycles. The molecule has 2 saturated heterocycles. The summed E-state index contributed by atoms with van der Waals surface area (Å²) >= 11 is 5.48. The maximum Gasteiger partial charge on any atom is 0.269 e. The first-order valence-corrected chi connectivity index (χ1v) is 16.3. The van der Waals surface area contributed by atoms with Crippen molar-refractivity contribution in [3.8, 4) is 0 Å². The molecule has 0 aliphatic carbocycles. The van der Waals surface area contributed by atoms with Gasteiger partial charge in [-0.25, -0.2) is 0 Å². The lowest BCUT2D eigenvalue weighted by molar-refractivity contribution is -0.385. The van der Waals surface area contributed by atoms with Gasteiger partial charge >= 0.3 is 0 Å². The molecule has 0 bridgehead atoms. The van der Waals surface area contributed by atoms with E-state index in [1.807, 2.05) is 13.8 Å². The Morgan fingerprint density at radius 1 is 0.787 bits per heavy atom. The number of alkyl halides is 1. The van der Waals surface area contributed by atoms with Gasteiger partial charge in [0, 0.05) is 74.9 Å². The van der Waals surface area contributed by atoms with Gasteiger partial charge in [0.15, 0.2) is 0 Å². The molecule has 0 spiro atoms. The molecule has 0 radical (unpaired) electrons. The van der Waals surface area contributed by atoms with Crippen LogP contribution in [0.15, 0.2) is 36.4 Å². The standard InChI is InChI=1S/C16H21N3O4.C10H9ClN2O3.C6H13NO/c1-11-8-17(9-12(2)23-11)10-16(20)18-6-5-13-7-14(19(21)22)3-4-15(13)18;11-6-10(14)12-4-3-7-5-8(13(15)16)1-2-9(7)12;1-5-3-7-4-6(2)8-5/h3-4,7,11-12H,5-6,8-10H2,1-2H3;1-2,5H,3-4,6H2;5-7H,3-4H2,1-2H3. The molecule has 47 heavy (non-hydrogen) atoms. The summed E-state index contributed by atoms with van der Waals surface area (Å²) in [5, 5.41) is 24.7. The Labute approximate surface area is 279 Å². The van der Waals surface area contributed by atoms with Crippen LogP contribution < -0.4 is 15.1 Å². The van der Waals surface area contributed by atoms with E-state index < -0.39 is 9.85 Å². The summed E-state index contributed by atoms with van der Waals surface area (Å²) in [5.41, 5.74) is 3.36. The van der Waals surface area contributed by atoms with Gasteiger partial charge in [0.1, 0.15) is 5.88 Å². The van der Waals surface area contributed by atoms with Gasteiger partial charge in [0.05, 0.1) is 40.8 Å². The number of amides is 2. The van der Waals surface area contributed by atoms with E-state index in [9.17, 15) is 29.8 Å². The fraction of sp³-hybridized carbons (Fsp3) is 0.562. The maximum absolute atomic E-state index is 12.6. The lowest BCUT2D eigenvalue weighted by atomic mass is 10.1. The molecule has 14 nitrogen and oxygen atoms in total. The monoisotopic (exact) mass is 674 g/mol. The lowest BCUT2D eigenvalue weighted by Gasteiger charge is -2.35. The lowest BCUT2D eigenvalue weighted by Crippen LogP contribution is -2.49. The molecule has 4 unspecified atom stereocenters. The zero-order chi connectivity index (χ0) is 34.2. The number of ether oxygens (including phenoxy) is 2. The van der Waals surface area contributed by atoms with Gasteiger partial charge < -0.3 is 24.6 Å². The fourth-order valence-corrected chi connectivity index (χ4v) is 6.41. The Balaban J connectivity index is 0.000000180. The van der Waals surface area contributed by atoms with Crippen LogP contribution in [-0.2, 0) is 31.9 Å². The van der Waals surface area contributed by atoms with Crippen molar-refractivity contribution in [2.24, 2.45) is 0 Å². The first kappa shape index (κ1) is 36.2. The second kappa shape index (κ2) is 16.4. The number of carbonyl (C=O) groups excluding carboxylic acids is 2. The van der Waals surface area contributed by atoms with Gasteiger partial charge in [-0.15, -0.1) is 11.6 Å². The predicted octanol–water partition coefficient (Wildman–Crippen LogP) is 3.70. The average molecular weight is 675 g/mol. The summed E-state index contributed by atoms with van der Waals surface area (Å²) in [4.78, 5) is 50.1. The normalized spacial score (nSPS) is 23.4. The highest BCUT2D eigenvalue weighted by Gasteiger charge is 2.30. The summed E-state index contributed by atoms with van der Waals surface area (Å²) < 4.78 is 11.1. The number of morpholine rings is 2. The van der Waals surface area contributed by atoms with Gasteiger partial charge in [-0.3, -0.25) is 34.7 Å². The number of nitrogens with zero attached hydrogens (tertiary/aromatic N) is 5. The first-order valence-electron chi connectivity index (χ1n) is 15.8. The van der Waals surface area contributed by atoms with E-state index in [4.69, 9.17) is 21.1 Å². The van der Waals surface area contributed by atoms with Crippen molar-refractivity contribution in [3.63, 3.8) is 0 Å². The number of hydrogen-bond donors (Lipinski definition) is 1. The third kappa shape index (κ3) is 9.67. The number of anilines is 2. The third-order valence-corrected chi connectivity index (χ3v) is 8.47. The molecule has 0 saturated carbocycles. The van der Waals surface area contributed by atoms with E-state index in [-0.39, 0.29) is 41.3 Å². The molecule has 4 aliphatic heterocycles. The van der Waals surface area contributed by atoms with Crippen LogP contribution in [0.5, 0.6) is 0 Å². The summed E-state index contributed by atoms with van der Waals surface area (Å²) in [6.45, 7) is 13.2. The van der Waals surface area contributed by atoms with Crippen molar-refractivity contribution < 1.29 is 28.9 Å². The Kier molecular flexibility index (Phi) is 12.6. The van der Waals surface area contributed by atoms with Crippen molar-refractivity contribution in [3.05, 3.63) is 67.8 Å². The molecule has 1 N–H and O–H groups in total. The highest BCUT2D eigenvalue weighted by molar-refractivity contribution is 6.29. The number of rotatable bonds is 5. The summed E-state index contributed by atoms with van der Waals surface area (Å²) in [7, 11) is 0.